The summed E-state index contributed by atoms with van der Waals surface area (Å²) in [6.45, 7) is 5.41. The molecule has 0 radical (unpaired) electrons. The highest BCUT2D eigenvalue weighted by Crippen LogP contribution is 2.21. The van der Waals surface area contributed by atoms with Gasteiger partial charge in [0.15, 0.2) is 0 Å². The molecule has 0 aliphatic heterocycles. The summed E-state index contributed by atoms with van der Waals surface area (Å²) in [7, 11) is -3.72. The van der Waals surface area contributed by atoms with E-state index in [-0.39, 0.29) is 25.0 Å². The molecule has 1 aliphatic rings. The lowest BCUT2D eigenvalue weighted by atomic mass is 10.1. The smallest absolute Gasteiger partial charge is 0.244 e. The molecule has 1 fully saturated rings. The van der Waals surface area contributed by atoms with Crippen molar-refractivity contribution in [3.05, 3.63) is 65.2 Å². The number of nitrogens with zero attached hydrogens (tertiary/aromatic N) is 2. The normalized spacial score (nSPS) is 15.1. The fourth-order valence-corrected chi connectivity index (χ4v) is 5.16. The predicted molar refractivity (Wildman–Crippen MR) is 135 cm³/mol. The number of aryl methyl sites for hydroxylation is 2. The van der Waals surface area contributed by atoms with E-state index in [4.69, 9.17) is 0 Å². The summed E-state index contributed by atoms with van der Waals surface area (Å²) in [5.41, 5.74) is 3.34. The Bertz CT molecular complexity index is 1110. The topological polar surface area (TPSA) is 86.8 Å². The molecule has 0 spiro atoms. The van der Waals surface area contributed by atoms with Crippen LogP contribution in [-0.4, -0.2) is 50.0 Å². The van der Waals surface area contributed by atoms with Gasteiger partial charge in [0.1, 0.15) is 12.6 Å². The first kappa shape index (κ1) is 25.7. The molecule has 0 unspecified atom stereocenters. The third-order valence-corrected chi connectivity index (χ3v) is 7.45. The van der Waals surface area contributed by atoms with Crippen molar-refractivity contribution in [2.24, 2.45) is 0 Å². The Morgan fingerprint density at radius 1 is 1.03 bits per heavy atom. The minimum absolute atomic E-state index is 0.131. The van der Waals surface area contributed by atoms with Crippen molar-refractivity contribution in [3.8, 4) is 0 Å². The van der Waals surface area contributed by atoms with Gasteiger partial charge in [0.25, 0.3) is 0 Å². The van der Waals surface area contributed by atoms with Gasteiger partial charge in [-0.2, -0.15) is 0 Å². The summed E-state index contributed by atoms with van der Waals surface area (Å²) < 4.78 is 26.3. The van der Waals surface area contributed by atoms with Crippen LogP contribution < -0.4 is 9.62 Å². The highest BCUT2D eigenvalue weighted by Gasteiger charge is 2.31. The van der Waals surface area contributed by atoms with Crippen molar-refractivity contribution >= 4 is 27.5 Å². The van der Waals surface area contributed by atoms with Crippen molar-refractivity contribution in [2.45, 2.75) is 65.1 Å². The highest BCUT2D eigenvalue weighted by atomic mass is 32.2. The van der Waals surface area contributed by atoms with E-state index in [1.165, 1.54) is 4.90 Å². The second-order valence-electron chi connectivity index (χ2n) is 9.28. The summed E-state index contributed by atoms with van der Waals surface area (Å²) in [5, 5.41) is 3.07. The molecular weight excluding hydrogens is 450 g/mol. The molecule has 3 rings (SSSR count). The van der Waals surface area contributed by atoms with Crippen LogP contribution in [0.15, 0.2) is 48.5 Å². The Morgan fingerprint density at radius 3 is 2.26 bits per heavy atom. The second kappa shape index (κ2) is 11.0. The van der Waals surface area contributed by atoms with Gasteiger partial charge < -0.3 is 10.2 Å². The van der Waals surface area contributed by atoms with Crippen LogP contribution >= 0.6 is 0 Å². The zero-order valence-corrected chi connectivity index (χ0v) is 21.3. The van der Waals surface area contributed by atoms with Crippen LogP contribution in [0.2, 0.25) is 0 Å². The number of carbonyl (C=O) groups excluding carboxylic acids is 2. The molecule has 1 aliphatic carbocycles. The Labute approximate surface area is 203 Å². The van der Waals surface area contributed by atoms with Crippen molar-refractivity contribution in [2.75, 3.05) is 17.1 Å². The van der Waals surface area contributed by atoms with Gasteiger partial charge in [0.05, 0.1) is 11.9 Å². The minimum atomic E-state index is -3.72. The molecule has 1 atom stereocenters. The number of anilines is 1. The molecule has 1 saturated carbocycles. The third-order valence-electron chi connectivity index (χ3n) is 6.31. The standard InChI is InChI=1S/C26H35N3O4S/c1-19-12-14-24(15-13-19)29(34(4,32)33)18-25(30)28(17-22-9-7-8-20(2)16-22)21(3)26(31)27-23-10-5-6-11-23/h7-9,12-16,21,23H,5-6,10-11,17-18H2,1-4H3,(H,27,31)/t21-/m0/s1. The molecular formula is C26H35N3O4S. The van der Waals surface area contributed by atoms with Gasteiger partial charge in [-0.25, -0.2) is 8.42 Å². The average Bonchev–Trinajstić information content (AvgIpc) is 3.28. The van der Waals surface area contributed by atoms with Crippen LogP contribution in [0.3, 0.4) is 0 Å². The summed E-state index contributed by atoms with van der Waals surface area (Å²) in [4.78, 5) is 28.1. The fraction of sp³-hybridized carbons (Fsp3) is 0.462. The number of sulfonamides is 1. The molecule has 2 aromatic rings. The maximum absolute atomic E-state index is 13.6. The van der Waals surface area contributed by atoms with Gasteiger partial charge in [-0.3, -0.25) is 13.9 Å². The van der Waals surface area contributed by atoms with Crippen molar-refractivity contribution in [1.29, 1.82) is 0 Å². The lowest BCUT2D eigenvalue weighted by Gasteiger charge is -2.32. The van der Waals surface area contributed by atoms with E-state index < -0.39 is 22.0 Å². The van der Waals surface area contributed by atoms with Gasteiger partial charge in [-0.05, 0) is 51.3 Å². The SMILES string of the molecule is Cc1ccc(N(CC(=O)N(Cc2cccc(C)c2)[C@@H](C)C(=O)NC2CCCC2)S(C)(=O)=O)cc1. The monoisotopic (exact) mass is 485 g/mol. The van der Waals surface area contributed by atoms with Gasteiger partial charge in [-0.15, -0.1) is 0 Å². The summed E-state index contributed by atoms with van der Waals surface area (Å²) in [6.07, 6.45) is 5.15. The van der Waals surface area contributed by atoms with Crippen LogP contribution in [0.4, 0.5) is 5.69 Å². The van der Waals surface area contributed by atoms with Crippen molar-refractivity contribution in [3.63, 3.8) is 0 Å². The van der Waals surface area contributed by atoms with Crippen LogP contribution in [-0.2, 0) is 26.2 Å². The third kappa shape index (κ3) is 6.82. The zero-order valence-electron chi connectivity index (χ0n) is 20.5. The summed E-state index contributed by atoms with van der Waals surface area (Å²) in [5.74, 6) is -0.643. The fourth-order valence-electron chi connectivity index (χ4n) is 4.31. The molecule has 34 heavy (non-hydrogen) atoms. The second-order valence-corrected chi connectivity index (χ2v) is 11.2. The van der Waals surface area contributed by atoms with Gasteiger partial charge in [-0.1, -0.05) is 60.4 Å². The number of hydrogen-bond acceptors (Lipinski definition) is 4. The summed E-state index contributed by atoms with van der Waals surface area (Å²) >= 11 is 0. The summed E-state index contributed by atoms with van der Waals surface area (Å²) in [6, 6.07) is 14.1. The Kier molecular flexibility index (Phi) is 8.36. The first-order valence-corrected chi connectivity index (χ1v) is 13.6. The van der Waals surface area contributed by atoms with Crippen LogP contribution in [0.25, 0.3) is 0 Å². The van der Waals surface area contributed by atoms with E-state index in [1.807, 2.05) is 38.1 Å². The van der Waals surface area contributed by atoms with E-state index in [1.54, 1.807) is 31.2 Å². The van der Waals surface area contributed by atoms with Crippen molar-refractivity contribution in [1.82, 2.24) is 10.2 Å². The Balaban J connectivity index is 1.87. The van der Waals surface area contributed by atoms with Crippen LogP contribution in [0.5, 0.6) is 0 Å². The van der Waals surface area contributed by atoms with E-state index in [0.29, 0.717) is 5.69 Å². The molecule has 2 aromatic carbocycles. The molecule has 8 heteroatoms. The lowest BCUT2D eigenvalue weighted by Crippen LogP contribution is -2.52. The largest absolute Gasteiger partial charge is 0.352 e. The lowest BCUT2D eigenvalue weighted by molar-refractivity contribution is -0.139. The first-order valence-electron chi connectivity index (χ1n) is 11.7. The molecule has 184 valence electrons. The first-order chi connectivity index (χ1) is 16.0. The zero-order chi connectivity index (χ0) is 24.9. The highest BCUT2D eigenvalue weighted by molar-refractivity contribution is 7.92. The molecule has 2 amide bonds. The van der Waals surface area contributed by atoms with E-state index in [2.05, 4.69) is 5.32 Å². The number of rotatable bonds is 9. The number of nitrogens with one attached hydrogen (secondary N) is 1. The van der Waals surface area contributed by atoms with Crippen LogP contribution in [0, 0.1) is 13.8 Å². The average molecular weight is 486 g/mol. The number of hydrogen-bond donors (Lipinski definition) is 1. The van der Waals surface area contributed by atoms with Crippen molar-refractivity contribution < 1.29 is 18.0 Å². The van der Waals surface area contributed by atoms with E-state index >= 15 is 0 Å². The predicted octanol–water partition coefficient (Wildman–Crippen LogP) is 3.55. The van der Waals surface area contributed by atoms with Gasteiger partial charge in [0, 0.05) is 12.6 Å². The number of carbonyl (C=O) groups is 2. The quantitative estimate of drug-likeness (QED) is 0.589. The maximum Gasteiger partial charge on any atom is 0.244 e. The van der Waals surface area contributed by atoms with E-state index in [9.17, 15) is 18.0 Å². The Hall–Kier alpha value is -2.87. The van der Waals surface area contributed by atoms with Crippen LogP contribution in [0.1, 0.15) is 49.3 Å². The molecule has 0 aromatic heterocycles. The molecule has 7 nitrogen and oxygen atoms in total. The minimum Gasteiger partial charge on any atom is -0.352 e. The van der Waals surface area contributed by atoms with Gasteiger partial charge >= 0.3 is 0 Å². The Morgan fingerprint density at radius 2 is 1.68 bits per heavy atom. The number of benzene rings is 2. The molecule has 0 heterocycles. The molecule has 1 N–H and O–H groups in total. The maximum atomic E-state index is 13.6. The number of amides is 2. The van der Waals surface area contributed by atoms with Gasteiger partial charge in [0.2, 0.25) is 21.8 Å². The molecule has 0 saturated heterocycles. The van der Waals surface area contributed by atoms with E-state index in [0.717, 1.165) is 52.9 Å². The molecule has 0 bridgehead atoms.